The van der Waals surface area contributed by atoms with Gasteiger partial charge in [0.05, 0.1) is 18.6 Å². The lowest BCUT2D eigenvalue weighted by Gasteiger charge is -2.16. The summed E-state index contributed by atoms with van der Waals surface area (Å²) in [7, 11) is 0. The lowest BCUT2D eigenvalue weighted by Crippen LogP contribution is -2.15. The topological polar surface area (TPSA) is 55.2 Å². The fraction of sp³-hybridized carbons (Fsp3) is 0.286. The maximum Gasteiger partial charge on any atom is 0.433 e. The Morgan fingerprint density at radius 3 is 2.61 bits per heavy atom. The molecule has 2 aromatic rings. The molecule has 0 saturated carbocycles. The molecule has 2 heterocycles. The molecule has 9 heteroatoms. The monoisotopic (exact) mass is 332 g/mol. The summed E-state index contributed by atoms with van der Waals surface area (Å²) in [4.78, 5) is 6.77. The van der Waals surface area contributed by atoms with Crippen LogP contribution in [0.1, 0.15) is 22.9 Å². The molecule has 4 nitrogen and oxygen atoms in total. The van der Waals surface area contributed by atoms with Crippen molar-refractivity contribution in [3.63, 3.8) is 0 Å². The highest BCUT2D eigenvalue weighted by atomic mass is 19.4. The number of hydrogen-bond donors (Lipinski definition) is 1. The first-order valence-electron chi connectivity index (χ1n) is 6.47. The van der Waals surface area contributed by atoms with Crippen molar-refractivity contribution in [2.24, 2.45) is 0 Å². The maximum absolute atomic E-state index is 13.7. The van der Waals surface area contributed by atoms with Gasteiger partial charge in [0.25, 0.3) is 0 Å². The zero-order valence-electron chi connectivity index (χ0n) is 11.3. The molecule has 2 aromatic heterocycles. The molecule has 122 valence electrons. The van der Waals surface area contributed by atoms with Gasteiger partial charge in [-0.15, -0.1) is 0 Å². The summed E-state index contributed by atoms with van der Waals surface area (Å²) in [5, 5.41) is 9.69. The second-order valence-electron chi connectivity index (χ2n) is 4.97. The molecule has 0 saturated heterocycles. The minimum Gasteiger partial charge on any atom is -0.454 e. The zero-order valence-corrected chi connectivity index (χ0v) is 11.3. The molecule has 2 atom stereocenters. The van der Waals surface area contributed by atoms with E-state index in [4.69, 9.17) is 4.74 Å². The van der Waals surface area contributed by atoms with Crippen molar-refractivity contribution in [1.29, 1.82) is 0 Å². The summed E-state index contributed by atoms with van der Waals surface area (Å²) in [5.74, 6) is -0.965. The van der Waals surface area contributed by atoms with E-state index < -0.39 is 41.9 Å². The van der Waals surface area contributed by atoms with Gasteiger partial charge in [0, 0.05) is 23.6 Å². The standard InChI is InChI=1S/C14H9F5N2O2/c15-6-1-7(4-20-3-6)23-10-5-21-13(14(17,18)19)11-8(10)2-9(16)12(11)22/h1,3-5,9,12,22H,2H2/t9-,12-/m1/s1. The molecule has 0 amide bonds. The number of aliphatic hydroxyl groups excluding tert-OH is 1. The Morgan fingerprint density at radius 2 is 1.96 bits per heavy atom. The molecule has 0 bridgehead atoms. The highest BCUT2D eigenvalue weighted by Crippen LogP contribution is 2.45. The zero-order chi connectivity index (χ0) is 16.8. The van der Waals surface area contributed by atoms with Crippen LogP contribution >= 0.6 is 0 Å². The van der Waals surface area contributed by atoms with Crippen LogP contribution in [0.15, 0.2) is 24.7 Å². The molecule has 1 aliphatic carbocycles. The SMILES string of the molecule is O[C@H]1c2c(C(F)(F)F)ncc(Oc3cncc(F)c3)c2C[C@H]1F. The van der Waals surface area contributed by atoms with Crippen molar-refractivity contribution in [3.05, 3.63) is 47.3 Å². The predicted molar refractivity (Wildman–Crippen MR) is 67.1 cm³/mol. The van der Waals surface area contributed by atoms with Gasteiger partial charge in [-0.3, -0.25) is 4.98 Å². The second kappa shape index (κ2) is 5.41. The molecule has 3 rings (SSSR count). The molecule has 0 unspecified atom stereocenters. The van der Waals surface area contributed by atoms with Gasteiger partial charge < -0.3 is 9.84 Å². The van der Waals surface area contributed by atoms with Crippen molar-refractivity contribution in [3.8, 4) is 11.5 Å². The molecule has 23 heavy (non-hydrogen) atoms. The molecule has 0 aliphatic heterocycles. The van der Waals surface area contributed by atoms with E-state index >= 15 is 0 Å². The summed E-state index contributed by atoms with van der Waals surface area (Å²) >= 11 is 0. The number of pyridine rings is 2. The number of halogens is 5. The third-order valence-corrected chi connectivity index (χ3v) is 3.40. The van der Waals surface area contributed by atoms with E-state index in [2.05, 4.69) is 9.97 Å². The predicted octanol–water partition coefficient (Wildman–Crippen LogP) is 3.35. The van der Waals surface area contributed by atoms with Crippen LogP contribution in [0.25, 0.3) is 0 Å². The number of hydrogen-bond acceptors (Lipinski definition) is 4. The van der Waals surface area contributed by atoms with Gasteiger partial charge in [0.15, 0.2) is 5.69 Å². The van der Waals surface area contributed by atoms with Gasteiger partial charge in [-0.2, -0.15) is 13.2 Å². The molecule has 1 aliphatic rings. The van der Waals surface area contributed by atoms with Crippen LogP contribution in [-0.4, -0.2) is 21.2 Å². The number of alkyl halides is 4. The molecule has 0 spiro atoms. The van der Waals surface area contributed by atoms with E-state index in [0.29, 0.717) is 0 Å². The highest BCUT2D eigenvalue weighted by Gasteiger charge is 2.44. The molecule has 0 fully saturated rings. The number of aromatic nitrogens is 2. The first-order chi connectivity index (χ1) is 10.8. The van der Waals surface area contributed by atoms with Crippen LogP contribution < -0.4 is 4.74 Å². The van der Waals surface area contributed by atoms with Gasteiger partial charge in [0.2, 0.25) is 0 Å². The van der Waals surface area contributed by atoms with E-state index in [1.807, 2.05) is 0 Å². The van der Waals surface area contributed by atoms with E-state index in [1.54, 1.807) is 0 Å². The van der Waals surface area contributed by atoms with Crippen molar-refractivity contribution in [1.82, 2.24) is 9.97 Å². The second-order valence-corrected chi connectivity index (χ2v) is 4.97. The molecular formula is C14H9F5N2O2. The molecule has 0 aromatic carbocycles. The third kappa shape index (κ3) is 2.83. The van der Waals surface area contributed by atoms with Crippen LogP contribution in [0.3, 0.4) is 0 Å². The van der Waals surface area contributed by atoms with E-state index in [0.717, 1.165) is 24.7 Å². The van der Waals surface area contributed by atoms with Gasteiger partial charge in [0.1, 0.15) is 29.6 Å². The van der Waals surface area contributed by atoms with Crippen LogP contribution in [-0.2, 0) is 12.6 Å². The van der Waals surface area contributed by atoms with Crippen molar-refractivity contribution >= 4 is 0 Å². The number of aliphatic hydroxyl groups is 1. The molecular weight excluding hydrogens is 323 g/mol. The van der Waals surface area contributed by atoms with Crippen molar-refractivity contribution in [2.45, 2.75) is 24.9 Å². The average molecular weight is 332 g/mol. The highest BCUT2D eigenvalue weighted by molar-refractivity contribution is 5.49. The largest absolute Gasteiger partial charge is 0.454 e. The first-order valence-corrected chi connectivity index (χ1v) is 6.47. The quantitative estimate of drug-likeness (QED) is 0.857. The van der Waals surface area contributed by atoms with Gasteiger partial charge in [-0.1, -0.05) is 0 Å². The van der Waals surface area contributed by atoms with E-state index in [1.165, 1.54) is 0 Å². The maximum atomic E-state index is 13.7. The number of rotatable bonds is 2. The Kier molecular flexibility index (Phi) is 3.67. The minimum absolute atomic E-state index is 0.0782. The van der Waals surface area contributed by atoms with Crippen LogP contribution in [0.5, 0.6) is 11.5 Å². The number of fused-ring (bicyclic) bond motifs is 1. The van der Waals surface area contributed by atoms with Crippen LogP contribution in [0.2, 0.25) is 0 Å². The van der Waals surface area contributed by atoms with Gasteiger partial charge in [-0.25, -0.2) is 13.8 Å². The Bertz CT molecular complexity index is 750. The lowest BCUT2D eigenvalue weighted by molar-refractivity contribution is -0.143. The Hall–Kier alpha value is -2.29. The van der Waals surface area contributed by atoms with Crippen molar-refractivity contribution in [2.75, 3.05) is 0 Å². The van der Waals surface area contributed by atoms with Crippen molar-refractivity contribution < 1.29 is 31.8 Å². The molecule has 1 N–H and O–H groups in total. The van der Waals surface area contributed by atoms with Crippen LogP contribution in [0, 0.1) is 5.82 Å². The summed E-state index contributed by atoms with van der Waals surface area (Å²) in [6.45, 7) is 0. The summed E-state index contributed by atoms with van der Waals surface area (Å²) < 4.78 is 70.9. The number of ether oxygens (including phenoxy) is 1. The average Bonchev–Trinajstić information content (AvgIpc) is 2.75. The first kappa shape index (κ1) is 15.6. The van der Waals surface area contributed by atoms with Crippen LogP contribution in [0.4, 0.5) is 22.0 Å². The Morgan fingerprint density at radius 1 is 1.22 bits per heavy atom. The molecule has 0 radical (unpaired) electrons. The number of nitrogens with zero attached hydrogens (tertiary/aromatic N) is 2. The Labute approximate surface area is 126 Å². The van der Waals surface area contributed by atoms with Gasteiger partial charge >= 0.3 is 6.18 Å². The fourth-order valence-electron chi connectivity index (χ4n) is 2.45. The summed E-state index contributed by atoms with van der Waals surface area (Å²) in [6.07, 6.45) is -6.30. The smallest absolute Gasteiger partial charge is 0.433 e. The third-order valence-electron chi connectivity index (χ3n) is 3.40. The minimum atomic E-state index is -4.84. The van der Waals surface area contributed by atoms with E-state index in [9.17, 15) is 27.1 Å². The van der Waals surface area contributed by atoms with Gasteiger partial charge in [-0.05, 0) is 0 Å². The fourth-order valence-corrected chi connectivity index (χ4v) is 2.45. The summed E-state index contributed by atoms with van der Waals surface area (Å²) in [5.41, 5.74) is -2.15. The normalized spacial score (nSPS) is 20.4. The lowest BCUT2D eigenvalue weighted by atomic mass is 10.1. The van der Waals surface area contributed by atoms with E-state index in [-0.39, 0.29) is 17.1 Å². The summed E-state index contributed by atoms with van der Waals surface area (Å²) in [6, 6.07) is 0.968. The Balaban J connectivity index is 2.07.